The monoisotopic (exact) mass is 333 g/mol. The van der Waals surface area contributed by atoms with Gasteiger partial charge in [-0.15, -0.1) is 0 Å². The maximum Gasteiger partial charge on any atom is 0.255 e. The van der Waals surface area contributed by atoms with Crippen molar-refractivity contribution < 1.29 is 9.53 Å². The van der Waals surface area contributed by atoms with Gasteiger partial charge in [-0.05, 0) is 25.8 Å². The number of ether oxygens (including phenoxy) is 1. The molecule has 0 radical (unpaired) electrons. The summed E-state index contributed by atoms with van der Waals surface area (Å²) in [6.07, 6.45) is 4.25. The molecule has 7 heteroatoms. The van der Waals surface area contributed by atoms with Gasteiger partial charge in [0.2, 0.25) is 5.95 Å². The lowest BCUT2D eigenvalue weighted by Gasteiger charge is -2.40. The van der Waals surface area contributed by atoms with Crippen molar-refractivity contribution in [1.82, 2.24) is 19.8 Å². The fourth-order valence-electron chi connectivity index (χ4n) is 3.46. The van der Waals surface area contributed by atoms with Gasteiger partial charge in [0.15, 0.2) is 5.60 Å². The zero-order valence-electron chi connectivity index (χ0n) is 14.9. The number of nitrogens with zero attached hydrogens (tertiary/aromatic N) is 5. The first-order chi connectivity index (χ1) is 11.5. The minimum absolute atomic E-state index is 0.00708. The average molecular weight is 333 g/mol. The van der Waals surface area contributed by atoms with Gasteiger partial charge in [0, 0.05) is 53.0 Å². The number of amides is 1. The van der Waals surface area contributed by atoms with Crippen LogP contribution in [0.5, 0.6) is 0 Å². The van der Waals surface area contributed by atoms with Gasteiger partial charge >= 0.3 is 0 Å². The molecule has 132 valence electrons. The van der Waals surface area contributed by atoms with E-state index in [4.69, 9.17) is 9.72 Å². The van der Waals surface area contributed by atoms with Crippen LogP contribution in [0.3, 0.4) is 0 Å². The van der Waals surface area contributed by atoms with E-state index in [1.165, 1.54) is 12.8 Å². The van der Waals surface area contributed by atoms with E-state index in [0.717, 1.165) is 31.3 Å². The zero-order chi connectivity index (χ0) is 17.2. The summed E-state index contributed by atoms with van der Waals surface area (Å²) < 4.78 is 5.79. The number of aromatic nitrogens is 2. The van der Waals surface area contributed by atoms with Crippen LogP contribution in [0.25, 0.3) is 0 Å². The number of morpholine rings is 1. The fourth-order valence-corrected chi connectivity index (χ4v) is 3.46. The van der Waals surface area contributed by atoms with E-state index in [0.29, 0.717) is 19.7 Å². The molecule has 1 aromatic heterocycles. The van der Waals surface area contributed by atoms with Crippen molar-refractivity contribution in [1.29, 1.82) is 0 Å². The Morgan fingerprint density at radius 1 is 1.33 bits per heavy atom. The van der Waals surface area contributed by atoms with Crippen molar-refractivity contribution in [2.75, 3.05) is 51.8 Å². The van der Waals surface area contributed by atoms with Crippen molar-refractivity contribution >= 4 is 11.9 Å². The van der Waals surface area contributed by atoms with E-state index in [1.807, 2.05) is 19.2 Å². The molecule has 0 saturated carbocycles. The van der Waals surface area contributed by atoms with E-state index in [9.17, 15) is 4.79 Å². The van der Waals surface area contributed by atoms with Gasteiger partial charge in [-0.2, -0.15) is 0 Å². The lowest BCUT2D eigenvalue weighted by Crippen LogP contribution is -2.57. The summed E-state index contributed by atoms with van der Waals surface area (Å²) in [7, 11) is 3.53. The van der Waals surface area contributed by atoms with Crippen molar-refractivity contribution in [2.45, 2.75) is 31.9 Å². The molecule has 2 aliphatic rings. The molecule has 1 aromatic rings. The van der Waals surface area contributed by atoms with Crippen LogP contribution in [0.15, 0.2) is 12.3 Å². The first-order valence-corrected chi connectivity index (χ1v) is 8.63. The third kappa shape index (κ3) is 3.67. The first kappa shape index (κ1) is 17.1. The summed E-state index contributed by atoms with van der Waals surface area (Å²) in [5, 5.41) is 0. The number of hydrogen-bond donors (Lipinski definition) is 0. The van der Waals surface area contributed by atoms with Crippen LogP contribution in [-0.2, 0) is 16.1 Å². The Kier molecular flexibility index (Phi) is 5.01. The third-order valence-corrected chi connectivity index (χ3v) is 4.69. The van der Waals surface area contributed by atoms with Crippen molar-refractivity contribution in [3.63, 3.8) is 0 Å². The maximum absolute atomic E-state index is 12.4. The molecule has 3 heterocycles. The highest BCUT2D eigenvalue weighted by Crippen LogP contribution is 2.22. The molecule has 2 fully saturated rings. The predicted molar refractivity (Wildman–Crippen MR) is 91.8 cm³/mol. The summed E-state index contributed by atoms with van der Waals surface area (Å²) in [4.78, 5) is 27.6. The van der Waals surface area contributed by atoms with Crippen LogP contribution in [-0.4, -0.2) is 78.2 Å². The number of anilines is 1. The van der Waals surface area contributed by atoms with Gasteiger partial charge < -0.3 is 14.5 Å². The Balaban J connectivity index is 1.67. The molecule has 1 atom stereocenters. The van der Waals surface area contributed by atoms with Gasteiger partial charge in [-0.3, -0.25) is 9.69 Å². The molecular weight excluding hydrogens is 306 g/mol. The molecule has 0 aromatic carbocycles. The summed E-state index contributed by atoms with van der Waals surface area (Å²) in [6, 6.07) is 1.96. The van der Waals surface area contributed by atoms with E-state index < -0.39 is 5.60 Å². The smallest absolute Gasteiger partial charge is 0.255 e. The van der Waals surface area contributed by atoms with Gasteiger partial charge in [0.25, 0.3) is 5.91 Å². The van der Waals surface area contributed by atoms with Crippen molar-refractivity contribution in [3.8, 4) is 0 Å². The van der Waals surface area contributed by atoms with Crippen molar-refractivity contribution in [2.24, 2.45) is 0 Å². The topological polar surface area (TPSA) is 61.8 Å². The summed E-state index contributed by atoms with van der Waals surface area (Å²) in [5.41, 5.74) is 0.209. The van der Waals surface area contributed by atoms with Gasteiger partial charge in [0.1, 0.15) is 0 Å². The lowest BCUT2D eigenvalue weighted by atomic mass is 10.0. The van der Waals surface area contributed by atoms with Crippen LogP contribution in [0.4, 0.5) is 5.95 Å². The Labute approximate surface area is 143 Å². The maximum atomic E-state index is 12.4. The predicted octanol–water partition coefficient (Wildman–Crippen LogP) is 0.756. The molecule has 7 nitrogen and oxygen atoms in total. The molecule has 1 amide bonds. The number of carbonyl (C=O) groups excluding carboxylic acids is 1. The van der Waals surface area contributed by atoms with Crippen LogP contribution < -0.4 is 4.90 Å². The Bertz CT molecular complexity index is 588. The van der Waals surface area contributed by atoms with E-state index in [2.05, 4.69) is 14.8 Å². The second kappa shape index (κ2) is 7.03. The molecule has 2 aliphatic heterocycles. The van der Waals surface area contributed by atoms with E-state index >= 15 is 0 Å². The molecule has 0 unspecified atom stereocenters. The molecule has 0 bridgehead atoms. The number of rotatable bonds is 4. The molecule has 0 N–H and O–H groups in total. The quantitative estimate of drug-likeness (QED) is 0.811. The second-order valence-corrected chi connectivity index (χ2v) is 7.03. The van der Waals surface area contributed by atoms with Gasteiger partial charge in [-0.25, -0.2) is 9.97 Å². The van der Waals surface area contributed by atoms with Gasteiger partial charge in [0.05, 0.1) is 12.3 Å². The highest BCUT2D eigenvalue weighted by atomic mass is 16.5. The van der Waals surface area contributed by atoms with Crippen LogP contribution in [0.2, 0.25) is 0 Å². The highest BCUT2D eigenvalue weighted by molar-refractivity contribution is 5.84. The fraction of sp³-hybridized carbons (Fsp3) is 0.706. The summed E-state index contributed by atoms with van der Waals surface area (Å²) in [5.74, 6) is 0.832. The molecule has 0 aliphatic carbocycles. The largest absolute Gasteiger partial charge is 0.363 e. The number of hydrogen-bond acceptors (Lipinski definition) is 6. The van der Waals surface area contributed by atoms with E-state index in [-0.39, 0.29) is 5.91 Å². The molecule has 3 rings (SSSR count). The zero-order valence-corrected chi connectivity index (χ0v) is 14.9. The van der Waals surface area contributed by atoms with Crippen LogP contribution >= 0.6 is 0 Å². The Morgan fingerprint density at radius 2 is 2.08 bits per heavy atom. The average Bonchev–Trinajstić information content (AvgIpc) is 3.09. The molecule has 24 heavy (non-hydrogen) atoms. The standard InChI is InChI=1S/C17H27N5O2/c1-17(15(23)20(2)3)13-21(10-11-24-17)12-14-6-7-18-16(19-14)22-8-4-5-9-22/h6-7H,4-5,8-13H2,1-3H3/t17-/m0/s1. The minimum atomic E-state index is -0.785. The Hall–Kier alpha value is -1.73. The molecular formula is C17H27N5O2. The number of likely N-dealkylation sites (N-methyl/N-ethyl adjacent to an activating group) is 1. The van der Waals surface area contributed by atoms with Crippen LogP contribution in [0.1, 0.15) is 25.5 Å². The normalized spacial score (nSPS) is 25.0. The third-order valence-electron chi connectivity index (χ3n) is 4.69. The summed E-state index contributed by atoms with van der Waals surface area (Å²) >= 11 is 0. The lowest BCUT2D eigenvalue weighted by molar-refractivity contribution is -0.165. The highest BCUT2D eigenvalue weighted by Gasteiger charge is 2.40. The number of carbonyl (C=O) groups is 1. The minimum Gasteiger partial charge on any atom is -0.363 e. The van der Waals surface area contributed by atoms with Crippen molar-refractivity contribution in [3.05, 3.63) is 18.0 Å². The summed E-state index contributed by atoms with van der Waals surface area (Å²) in [6.45, 7) is 6.60. The van der Waals surface area contributed by atoms with E-state index in [1.54, 1.807) is 19.0 Å². The Morgan fingerprint density at radius 3 is 2.79 bits per heavy atom. The SMILES string of the molecule is CN(C)C(=O)[C@]1(C)CN(Cc2ccnc(N3CCCC3)n2)CCO1. The molecule has 0 spiro atoms. The van der Waals surface area contributed by atoms with Crippen LogP contribution in [0, 0.1) is 0 Å². The second-order valence-electron chi connectivity index (χ2n) is 7.03. The van der Waals surface area contributed by atoms with Gasteiger partial charge in [-0.1, -0.05) is 0 Å². The molecule has 2 saturated heterocycles. The first-order valence-electron chi connectivity index (χ1n) is 8.63.